The van der Waals surface area contributed by atoms with E-state index in [1.165, 1.54) is 4.90 Å². The number of carbonyl (C=O) groups excluding carboxylic acids is 2. The van der Waals surface area contributed by atoms with Crippen LogP contribution < -0.4 is 0 Å². The van der Waals surface area contributed by atoms with Crippen LogP contribution >= 0.6 is 0 Å². The molecule has 0 saturated carbocycles. The van der Waals surface area contributed by atoms with E-state index < -0.39 is 19.0 Å². The highest BCUT2D eigenvalue weighted by Crippen LogP contribution is 2.30. The van der Waals surface area contributed by atoms with Gasteiger partial charge >= 0.3 is 0 Å². The molecule has 2 aliphatic rings. The van der Waals surface area contributed by atoms with Crippen LogP contribution in [-0.2, 0) is 9.59 Å². The molecule has 126 valence electrons. The Balaban J connectivity index is 1.82. The fourth-order valence-electron chi connectivity index (χ4n) is 3.40. The molecule has 2 unspecified atom stereocenters. The Bertz CT molecular complexity index is 432. The van der Waals surface area contributed by atoms with Crippen LogP contribution in [-0.4, -0.2) is 53.7 Å². The molecule has 0 bridgehead atoms. The molecule has 0 spiro atoms. The van der Waals surface area contributed by atoms with Crippen molar-refractivity contribution in [2.45, 2.75) is 46.0 Å². The Morgan fingerprint density at radius 2 is 1.77 bits per heavy atom. The summed E-state index contributed by atoms with van der Waals surface area (Å²) in [6, 6.07) is 0. The van der Waals surface area contributed by atoms with E-state index in [0.29, 0.717) is 13.0 Å². The van der Waals surface area contributed by atoms with E-state index in [9.17, 15) is 18.4 Å². The monoisotopic (exact) mass is 316 g/mol. The molecule has 2 saturated heterocycles. The van der Waals surface area contributed by atoms with Crippen LogP contribution in [0.1, 0.15) is 40.0 Å². The third kappa shape index (κ3) is 3.96. The molecule has 0 radical (unpaired) electrons. The van der Waals surface area contributed by atoms with E-state index in [0.717, 1.165) is 19.4 Å². The molecular weight excluding hydrogens is 290 g/mol. The second-order valence-electron chi connectivity index (χ2n) is 7.13. The van der Waals surface area contributed by atoms with E-state index in [-0.39, 0.29) is 29.6 Å². The average Bonchev–Trinajstić information content (AvgIpc) is 2.43. The quantitative estimate of drug-likeness (QED) is 0.799. The number of likely N-dealkylation sites (tertiary alicyclic amines) is 2. The maximum Gasteiger partial charge on any atom is 0.282 e. The predicted octanol–water partition coefficient (Wildman–Crippen LogP) is 2.38. The van der Waals surface area contributed by atoms with Crippen LogP contribution in [0.3, 0.4) is 0 Å². The number of hydrogen-bond acceptors (Lipinski definition) is 2. The number of nitrogens with zero attached hydrogens (tertiary/aromatic N) is 2. The van der Waals surface area contributed by atoms with Crippen molar-refractivity contribution in [3.63, 3.8) is 0 Å². The summed E-state index contributed by atoms with van der Waals surface area (Å²) in [4.78, 5) is 27.3. The average molecular weight is 316 g/mol. The molecule has 0 aliphatic carbocycles. The van der Waals surface area contributed by atoms with Crippen LogP contribution in [0, 0.1) is 17.8 Å². The minimum absolute atomic E-state index is 0.0128. The normalized spacial score (nSPS) is 25.8. The highest BCUT2D eigenvalue weighted by molar-refractivity contribution is 5.80. The van der Waals surface area contributed by atoms with Crippen LogP contribution in [0.15, 0.2) is 0 Å². The number of alkyl halides is 2. The van der Waals surface area contributed by atoms with Gasteiger partial charge in [-0.3, -0.25) is 9.59 Å². The lowest BCUT2D eigenvalue weighted by atomic mass is 9.87. The second-order valence-corrected chi connectivity index (χ2v) is 7.13. The topological polar surface area (TPSA) is 40.6 Å². The van der Waals surface area contributed by atoms with E-state index >= 15 is 0 Å². The van der Waals surface area contributed by atoms with E-state index in [2.05, 4.69) is 0 Å². The molecule has 2 atom stereocenters. The third-order valence-corrected chi connectivity index (χ3v) is 4.59. The Kier molecular flexibility index (Phi) is 5.07. The standard InChI is InChI=1S/C16H26F2N2O2/c1-11(2)14(21)19-6-4-5-13(8-19)7-12(3)15(22)20-9-16(17,18)10-20/h11-13H,4-10H2,1-3H3. The smallest absolute Gasteiger partial charge is 0.282 e. The van der Waals surface area contributed by atoms with Gasteiger partial charge in [0, 0.05) is 24.9 Å². The summed E-state index contributed by atoms with van der Waals surface area (Å²) in [6.07, 6.45) is 2.62. The van der Waals surface area contributed by atoms with E-state index in [4.69, 9.17) is 0 Å². The van der Waals surface area contributed by atoms with Crippen LogP contribution in [0.5, 0.6) is 0 Å². The van der Waals surface area contributed by atoms with Gasteiger partial charge in [-0.05, 0) is 25.2 Å². The van der Waals surface area contributed by atoms with Gasteiger partial charge in [0.25, 0.3) is 5.92 Å². The first-order valence-electron chi connectivity index (χ1n) is 8.15. The largest absolute Gasteiger partial charge is 0.342 e. The molecule has 2 amide bonds. The third-order valence-electron chi connectivity index (χ3n) is 4.59. The zero-order chi connectivity index (χ0) is 16.5. The summed E-state index contributed by atoms with van der Waals surface area (Å²) in [5, 5.41) is 0. The maximum atomic E-state index is 12.8. The van der Waals surface area contributed by atoms with Gasteiger partial charge in [0.15, 0.2) is 0 Å². The lowest BCUT2D eigenvalue weighted by Crippen LogP contribution is -2.59. The highest BCUT2D eigenvalue weighted by atomic mass is 19.3. The van der Waals surface area contributed by atoms with Crippen molar-refractivity contribution < 1.29 is 18.4 Å². The fourth-order valence-corrected chi connectivity index (χ4v) is 3.40. The minimum Gasteiger partial charge on any atom is -0.342 e. The van der Waals surface area contributed by atoms with Gasteiger partial charge in [-0.2, -0.15) is 0 Å². The molecule has 0 aromatic rings. The van der Waals surface area contributed by atoms with Crippen LogP contribution in [0.25, 0.3) is 0 Å². The number of piperidine rings is 1. The highest BCUT2D eigenvalue weighted by Gasteiger charge is 2.47. The van der Waals surface area contributed by atoms with Crippen LogP contribution in [0.4, 0.5) is 8.78 Å². The molecule has 0 aromatic heterocycles. The SMILES string of the molecule is CC(C)C(=O)N1CCCC(CC(C)C(=O)N2CC(F)(F)C2)C1. The lowest BCUT2D eigenvalue weighted by Gasteiger charge is -2.41. The first-order chi connectivity index (χ1) is 10.2. The zero-order valence-corrected chi connectivity index (χ0v) is 13.6. The number of rotatable bonds is 4. The van der Waals surface area contributed by atoms with Crippen molar-refractivity contribution in [1.82, 2.24) is 9.80 Å². The fraction of sp³-hybridized carbons (Fsp3) is 0.875. The molecule has 4 nitrogen and oxygen atoms in total. The molecule has 2 heterocycles. The lowest BCUT2D eigenvalue weighted by molar-refractivity contribution is -0.169. The molecule has 0 aromatic carbocycles. The predicted molar refractivity (Wildman–Crippen MR) is 79.5 cm³/mol. The molecular formula is C16H26F2N2O2. The van der Waals surface area contributed by atoms with Crippen molar-refractivity contribution in [2.24, 2.45) is 17.8 Å². The Hall–Kier alpha value is -1.20. The molecule has 6 heteroatoms. The minimum atomic E-state index is -2.71. The van der Waals surface area contributed by atoms with Crippen molar-refractivity contribution >= 4 is 11.8 Å². The van der Waals surface area contributed by atoms with Gasteiger partial charge in [0.1, 0.15) is 0 Å². The van der Waals surface area contributed by atoms with Crippen LogP contribution in [0.2, 0.25) is 0 Å². The Morgan fingerprint density at radius 1 is 1.14 bits per heavy atom. The summed E-state index contributed by atoms with van der Waals surface area (Å²) < 4.78 is 25.7. The van der Waals surface area contributed by atoms with Crippen molar-refractivity contribution in [1.29, 1.82) is 0 Å². The summed E-state index contributed by atoms with van der Waals surface area (Å²) in [5.41, 5.74) is 0. The van der Waals surface area contributed by atoms with Crippen molar-refractivity contribution in [2.75, 3.05) is 26.2 Å². The van der Waals surface area contributed by atoms with Gasteiger partial charge in [-0.1, -0.05) is 20.8 Å². The summed E-state index contributed by atoms with van der Waals surface area (Å²) in [7, 11) is 0. The summed E-state index contributed by atoms with van der Waals surface area (Å²) in [6.45, 7) is 6.17. The van der Waals surface area contributed by atoms with Gasteiger partial charge in [0.05, 0.1) is 13.1 Å². The molecule has 2 fully saturated rings. The summed E-state index contributed by atoms with van der Waals surface area (Å²) in [5.74, 6) is -2.71. The van der Waals surface area contributed by atoms with Crippen molar-refractivity contribution in [3.05, 3.63) is 0 Å². The number of halogens is 2. The molecule has 2 rings (SSSR count). The summed E-state index contributed by atoms with van der Waals surface area (Å²) >= 11 is 0. The van der Waals surface area contributed by atoms with Gasteiger partial charge < -0.3 is 9.80 Å². The zero-order valence-electron chi connectivity index (χ0n) is 13.6. The van der Waals surface area contributed by atoms with Gasteiger partial charge in [-0.25, -0.2) is 8.78 Å². The maximum absolute atomic E-state index is 12.8. The second kappa shape index (κ2) is 6.50. The van der Waals surface area contributed by atoms with E-state index in [1.807, 2.05) is 25.7 Å². The van der Waals surface area contributed by atoms with Gasteiger partial charge in [-0.15, -0.1) is 0 Å². The molecule has 2 aliphatic heterocycles. The number of carbonyl (C=O) groups is 2. The Morgan fingerprint density at radius 3 is 2.32 bits per heavy atom. The van der Waals surface area contributed by atoms with Crippen molar-refractivity contribution in [3.8, 4) is 0 Å². The molecule has 0 N–H and O–H groups in total. The first kappa shape index (κ1) is 17.2. The number of amides is 2. The van der Waals surface area contributed by atoms with Gasteiger partial charge in [0.2, 0.25) is 11.8 Å². The molecule has 22 heavy (non-hydrogen) atoms. The van der Waals surface area contributed by atoms with E-state index in [1.54, 1.807) is 0 Å². The number of hydrogen-bond donors (Lipinski definition) is 0. The Labute approximate surface area is 130 Å². The first-order valence-corrected chi connectivity index (χ1v) is 8.15.